The number of hydrogen-bond donors (Lipinski definition) is 0. The van der Waals surface area contributed by atoms with Crippen molar-refractivity contribution >= 4 is 0 Å². The summed E-state index contributed by atoms with van der Waals surface area (Å²) in [5.41, 5.74) is 5.75. The van der Waals surface area contributed by atoms with Gasteiger partial charge in [-0.15, -0.1) is 0 Å². The zero-order valence-corrected chi connectivity index (χ0v) is 12.9. The average molecular weight is 266 g/mol. The number of unbranched alkanes of at least 4 members (excludes halogenated alkanes) is 4. The van der Waals surface area contributed by atoms with Crippen LogP contribution in [-0.4, -0.2) is 0 Å². The van der Waals surface area contributed by atoms with Gasteiger partial charge in [-0.25, -0.2) is 0 Å². The Morgan fingerprint density at radius 3 is 1.55 bits per heavy atom. The van der Waals surface area contributed by atoms with Crippen LogP contribution >= 0.6 is 0 Å². The summed E-state index contributed by atoms with van der Waals surface area (Å²) >= 11 is 0. The lowest BCUT2D eigenvalue weighted by Crippen LogP contribution is -1.77. The van der Waals surface area contributed by atoms with E-state index in [1.54, 1.807) is 0 Å². The fourth-order valence-corrected chi connectivity index (χ4v) is 2.76. The van der Waals surface area contributed by atoms with Gasteiger partial charge in [-0.1, -0.05) is 94.5 Å². The van der Waals surface area contributed by atoms with Gasteiger partial charge < -0.3 is 0 Å². The summed E-state index contributed by atoms with van der Waals surface area (Å²) in [5, 5.41) is 0. The molecule has 0 N–H and O–H groups in total. The maximum absolute atomic E-state index is 2.25. The first-order valence-corrected chi connectivity index (χ1v) is 8.03. The molecule has 0 bridgehead atoms. The minimum Gasteiger partial charge on any atom is -0.0654 e. The van der Waals surface area contributed by atoms with Crippen LogP contribution in [-0.2, 0) is 6.42 Å². The van der Waals surface area contributed by atoms with E-state index in [-0.39, 0.29) is 0 Å². The van der Waals surface area contributed by atoms with Crippen LogP contribution in [0, 0.1) is 0 Å². The Hall–Kier alpha value is -1.56. The lowest BCUT2D eigenvalue weighted by molar-refractivity contribution is 0.656. The van der Waals surface area contributed by atoms with Crippen LogP contribution < -0.4 is 0 Å². The van der Waals surface area contributed by atoms with Gasteiger partial charge in [0.2, 0.25) is 0 Å². The lowest BCUT2D eigenvalue weighted by Gasteiger charge is -1.98. The SMILES string of the molecule is CCCCCCC.c1ccc2c(c1)Cc1ccccc1-2. The van der Waals surface area contributed by atoms with Gasteiger partial charge >= 0.3 is 0 Å². The van der Waals surface area contributed by atoms with Gasteiger partial charge in [-0.3, -0.25) is 0 Å². The normalized spacial score (nSPS) is 11.3. The van der Waals surface area contributed by atoms with Crippen molar-refractivity contribution < 1.29 is 0 Å². The van der Waals surface area contributed by atoms with Crippen molar-refractivity contribution in [2.75, 3.05) is 0 Å². The molecule has 0 fully saturated rings. The Morgan fingerprint density at radius 1 is 0.650 bits per heavy atom. The minimum absolute atomic E-state index is 1.10. The van der Waals surface area contributed by atoms with Gasteiger partial charge in [-0.05, 0) is 28.7 Å². The van der Waals surface area contributed by atoms with E-state index in [1.165, 1.54) is 54.4 Å². The van der Waals surface area contributed by atoms with E-state index >= 15 is 0 Å². The molecule has 3 rings (SSSR count). The molecule has 0 radical (unpaired) electrons. The van der Waals surface area contributed by atoms with Crippen molar-refractivity contribution in [3.05, 3.63) is 59.7 Å². The van der Waals surface area contributed by atoms with Gasteiger partial charge in [0.05, 0.1) is 0 Å². The second kappa shape index (κ2) is 7.89. The molecule has 0 spiro atoms. The lowest BCUT2D eigenvalue weighted by atomic mass is 10.1. The summed E-state index contributed by atoms with van der Waals surface area (Å²) in [6.45, 7) is 4.49. The second-order valence-electron chi connectivity index (χ2n) is 5.55. The van der Waals surface area contributed by atoms with Crippen molar-refractivity contribution in [1.82, 2.24) is 0 Å². The zero-order chi connectivity index (χ0) is 14.2. The Balaban J connectivity index is 0.000000182. The summed E-state index contributed by atoms with van der Waals surface area (Å²) in [6.07, 6.45) is 8.11. The van der Waals surface area contributed by atoms with Crippen molar-refractivity contribution in [3.63, 3.8) is 0 Å². The summed E-state index contributed by atoms with van der Waals surface area (Å²) in [5.74, 6) is 0. The van der Waals surface area contributed by atoms with Crippen molar-refractivity contribution in [1.29, 1.82) is 0 Å². The highest BCUT2D eigenvalue weighted by molar-refractivity contribution is 5.76. The van der Waals surface area contributed by atoms with Crippen LogP contribution in [0.4, 0.5) is 0 Å². The molecule has 0 heterocycles. The van der Waals surface area contributed by atoms with Gasteiger partial charge in [0.25, 0.3) is 0 Å². The third-order valence-corrected chi connectivity index (χ3v) is 3.91. The summed E-state index contributed by atoms with van der Waals surface area (Å²) in [6, 6.07) is 17.3. The minimum atomic E-state index is 1.10. The quantitative estimate of drug-likeness (QED) is 0.491. The molecule has 0 saturated heterocycles. The number of fused-ring (bicyclic) bond motifs is 3. The molecule has 20 heavy (non-hydrogen) atoms. The molecule has 0 saturated carbocycles. The van der Waals surface area contributed by atoms with Crippen LogP contribution in [0.5, 0.6) is 0 Å². The molecule has 0 nitrogen and oxygen atoms in total. The molecular formula is C20H26. The van der Waals surface area contributed by atoms with E-state index < -0.39 is 0 Å². The smallest absolute Gasteiger partial charge is 0.00135 e. The van der Waals surface area contributed by atoms with Crippen molar-refractivity contribution in [2.24, 2.45) is 0 Å². The first-order valence-electron chi connectivity index (χ1n) is 8.03. The van der Waals surface area contributed by atoms with E-state index in [2.05, 4.69) is 62.4 Å². The predicted molar refractivity (Wildman–Crippen MR) is 89.1 cm³/mol. The van der Waals surface area contributed by atoms with E-state index in [0.29, 0.717) is 0 Å². The Labute approximate surface area is 123 Å². The van der Waals surface area contributed by atoms with Crippen molar-refractivity contribution in [3.8, 4) is 11.1 Å². The van der Waals surface area contributed by atoms with E-state index in [4.69, 9.17) is 0 Å². The number of benzene rings is 2. The molecule has 2 aromatic carbocycles. The molecule has 0 heteroatoms. The molecule has 0 aromatic heterocycles. The highest BCUT2D eigenvalue weighted by Gasteiger charge is 2.15. The van der Waals surface area contributed by atoms with E-state index in [0.717, 1.165) is 6.42 Å². The molecule has 0 unspecified atom stereocenters. The molecule has 106 valence electrons. The van der Waals surface area contributed by atoms with Crippen LogP contribution in [0.3, 0.4) is 0 Å². The van der Waals surface area contributed by atoms with Gasteiger partial charge in [0.15, 0.2) is 0 Å². The first kappa shape index (κ1) is 14.8. The van der Waals surface area contributed by atoms with Gasteiger partial charge in [-0.2, -0.15) is 0 Å². The van der Waals surface area contributed by atoms with Gasteiger partial charge in [0.1, 0.15) is 0 Å². The number of rotatable bonds is 4. The highest BCUT2D eigenvalue weighted by Crippen LogP contribution is 2.35. The largest absolute Gasteiger partial charge is 0.0654 e. The topological polar surface area (TPSA) is 0 Å². The third-order valence-electron chi connectivity index (χ3n) is 3.91. The second-order valence-corrected chi connectivity index (χ2v) is 5.55. The maximum atomic E-state index is 2.25. The van der Waals surface area contributed by atoms with E-state index in [9.17, 15) is 0 Å². The van der Waals surface area contributed by atoms with Crippen LogP contribution in [0.2, 0.25) is 0 Å². The monoisotopic (exact) mass is 266 g/mol. The highest BCUT2D eigenvalue weighted by atomic mass is 14.2. The summed E-state index contributed by atoms with van der Waals surface area (Å²) in [4.78, 5) is 0. The molecule has 0 atom stereocenters. The third kappa shape index (κ3) is 3.72. The molecule has 1 aliphatic carbocycles. The zero-order valence-electron chi connectivity index (χ0n) is 12.9. The Kier molecular flexibility index (Phi) is 5.86. The average Bonchev–Trinajstić information content (AvgIpc) is 2.87. The molecule has 0 aliphatic heterocycles. The van der Waals surface area contributed by atoms with Crippen LogP contribution in [0.15, 0.2) is 48.5 Å². The van der Waals surface area contributed by atoms with Gasteiger partial charge in [0, 0.05) is 0 Å². The maximum Gasteiger partial charge on any atom is -0.00135 e. The summed E-state index contributed by atoms with van der Waals surface area (Å²) in [7, 11) is 0. The fraction of sp³-hybridized carbons (Fsp3) is 0.400. The summed E-state index contributed by atoms with van der Waals surface area (Å²) < 4.78 is 0. The fourth-order valence-electron chi connectivity index (χ4n) is 2.76. The van der Waals surface area contributed by atoms with Crippen LogP contribution in [0.25, 0.3) is 11.1 Å². The molecule has 0 amide bonds. The molecule has 2 aromatic rings. The predicted octanol–water partition coefficient (Wildman–Crippen LogP) is 6.23. The molecular weight excluding hydrogens is 240 g/mol. The Morgan fingerprint density at radius 2 is 1.10 bits per heavy atom. The standard InChI is InChI=1S/C13H10.C7H16/c1-3-7-12-10(5-1)9-11-6-2-4-8-13(11)12;1-3-5-7-6-4-2/h1-8H,9H2;3-7H2,1-2H3. The number of hydrogen-bond acceptors (Lipinski definition) is 0. The Bertz CT molecular complexity index is 478. The van der Waals surface area contributed by atoms with Crippen LogP contribution in [0.1, 0.15) is 57.1 Å². The molecule has 1 aliphatic rings. The first-order chi connectivity index (χ1) is 9.86. The van der Waals surface area contributed by atoms with E-state index in [1.807, 2.05) is 0 Å². The van der Waals surface area contributed by atoms with Crippen molar-refractivity contribution in [2.45, 2.75) is 52.4 Å².